The van der Waals surface area contributed by atoms with Crippen LogP contribution in [0.1, 0.15) is 11.6 Å². The molecule has 0 amide bonds. The standard InChI is InChI=1S/C12H7F3N8/c13-12(14,15)11-18-8-2-1-7(3-9(8)19-11)17-5-6(4-16)10-20-22-23-21-10/h1-3,5,17H,(H,18,19)(H,20,21,22,23). The van der Waals surface area contributed by atoms with E-state index in [1.165, 1.54) is 24.4 Å². The number of hydrogen-bond donors (Lipinski definition) is 3. The molecule has 0 aliphatic heterocycles. The van der Waals surface area contributed by atoms with Gasteiger partial charge in [-0.05, 0) is 23.4 Å². The molecular formula is C12H7F3N8. The fourth-order valence-electron chi connectivity index (χ4n) is 1.81. The van der Waals surface area contributed by atoms with Crippen LogP contribution in [-0.4, -0.2) is 30.6 Å². The number of aromatic amines is 2. The lowest BCUT2D eigenvalue weighted by Gasteiger charge is -2.01. The van der Waals surface area contributed by atoms with E-state index in [1.807, 2.05) is 6.07 Å². The molecule has 0 unspecified atom stereocenters. The van der Waals surface area contributed by atoms with E-state index in [9.17, 15) is 13.2 Å². The van der Waals surface area contributed by atoms with Crippen LogP contribution in [0.25, 0.3) is 16.6 Å². The number of nitrogens with one attached hydrogen (secondary N) is 3. The van der Waals surface area contributed by atoms with Gasteiger partial charge in [0.05, 0.1) is 11.0 Å². The Bertz CT molecular complexity index is 901. The zero-order chi connectivity index (χ0) is 16.4. The van der Waals surface area contributed by atoms with Gasteiger partial charge in [-0.25, -0.2) is 4.98 Å². The Kier molecular flexibility index (Phi) is 3.41. The van der Waals surface area contributed by atoms with E-state index < -0.39 is 12.0 Å². The van der Waals surface area contributed by atoms with Crippen molar-refractivity contribution in [3.63, 3.8) is 0 Å². The number of aromatic nitrogens is 6. The Labute approximate surface area is 126 Å². The summed E-state index contributed by atoms with van der Waals surface area (Å²) in [6.45, 7) is 0. The molecule has 3 aromatic rings. The second-order valence-corrected chi connectivity index (χ2v) is 4.36. The maximum absolute atomic E-state index is 12.6. The van der Waals surface area contributed by atoms with Gasteiger partial charge in [-0.15, -0.1) is 10.2 Å². The molecule has 0 saturated heterocycles. The number of hydrogen-bond acceptors (Lipinski definition) is 6. The fourth-order valence-corrected chi connectivity index (χ4v) is 1.81. The van der Waals surface area contributed by atoms with Crippen molar-refractivity contribution in [1.82, 2.24) is 30.6 Å². The molecule has 3 N–H and O–H groups in total. The number of nitriles is 1. The average Bonchev–Trinajstić information content (AvgIpc) is 3.16. The minimum absolute atomic E-state index is 0.0991. The number of tetrazole rings is 1. The van der Waals surface area contributed by atoms with Gasteiger partial charge in [-0.3, -0.25) is 0 Å². The van der Waals surface area contributed by atoms with Gasteiger partial charge in [0.25, 0.3) is 0 Å². The molecule has 0 bridgehead atoms. The van der Waals surface area contributed by atoms with Crippen molar-refractivity contribution in [2.24, 2.45) is 0 Å². The van der Waals surface area contributed by atoms with Crippen molar-refractivity contribution in [2.75, 3.05) is 5.32 Å². The van der Waals surface area contributed by atoms with Crippen LogP contribution < -0.4 is 5.32 Å². The molecule has 116 valence electrons. The number of alkyl halides is 3. The van der Waals surface area contributed by atoms with E-state index in [4.69, 9.17) is 5.26 Å². The van der Waals surface area contributed by atoms with Crippen LogP contribution in [0.4, 0.5) is 18.9 Å². The molecule has 0 atom stereocenters. The van der Waals surface area contributed by atoms with E-state index >= 15 is 0 Å². The summed E-state index contributed by atoms with van der Waals surface area (Å²) in [5, 5.41) is 24.7. The van der Waals surface area contributed by atoms with E-state index in [0.29, 0.717) is 5.69 Å². The summed E-state index contributed by atoms with van der Waals surface area (Å²) >= 11 is 0. The van der Waals surface area contributed by atoms with Crippen LogP contribution >= 0.6 is 0 Å². The number of imidazole rings is 1. The molecule has 3 rings (SSSR count). The topological polar surface area (TPSA) is 119 Å². The lowest BCUT2D eigenvalue weighted by atomic mass is 10.2. The predicted octanol–water partition coefficient (Wildman–Crippen LogP) is 2.07. The van der Waals surface area contributed by atoms with Gasteiger partial charge in [0.15, 0.2) is 0 Å². The van der Waals surface area contributed by atoms with Crippen LogP contribution in [0.2, 0.25) is 0 Å². The summed E-state index contributed by atoms with van der Waals surface area (Å²) in [6, 6.07) is 6.29. The molecule has 23 heavy (non-hydrogen) atoms. The smallest absolute Gasteiger partial charge is 0.360 e. The summed E-state index contributed by atoms with van der Waals surface area (Å²) in [5.41, 5.74) is 0.977. The largest absolute Gasteiger partial charge is 0.449 e. The van der Waals surface area contributed by atoms with Gasteiger partial charge in [0.2, 0.25) is 11.6 Å². The zero-order valence-electron chi connectivity index (χ0n) is 11.2. The average molecular weight is 320 g/mol. The lowest BCUT2D eigenvalue weighted by molar-refractivity contribution is -0.144. The van der Waals surface area contributed by atoms with Crippen LogP contribution in [0.15, 0.2) is 24.4 Å². The van der Waals surface area contributed by atoms with Crippen LogP contribution in [-0.2, 0) is 6.18 Å². The van der Waals surface area contributed by atoms with Crippen molar-refractivity contribution in [2.45, 2.75) is 6.18 Å². The number of fused-ring (bicyclic) bond motifs is 1. The highest BCUT2D eigenvalue weighted by molar-refractivity contribution is 5.81. The third-order valence-corrected chi connectivity index (χ3v) is 2.84. The van der Waals surface area contributed by atoms with Crippen molar-refractivity contribution < 1.29 is 13.2 Å². The first kappa shape index (κ1) is 14.5. The van der Waals surface area contributed by atoms with Gasteiger partial charge in [0.1, 0.15) is 11.6 Å². The molecule has 2 aromatic heterocycles. The Hall–Kier alpha value is -3.42. The lowest BCUT2D eigenvalue weighted by Crippen LogP contribution is -2.06. The number of halogens is 3. The van der Waals surface area contributed by atoms with Gasteiger partial charge in [0, 0.05) is 11.9 Å². The van der Waals surface area contributed by atoms with E-state index in [0.717, 1.165) is 0 Å². The molecule has 0 radical (unpaired) electrons. The molecule has 1 aromatic carbocycles. The summed E-state index contributed by atoms with van der Waals surface area (Å²) in [4.78, 5) is 5.67. The van der Waals surface area contributed by atoms with E-state index in [1.54, 1.807) is 0 Å². The molecule has 11 heteroatoms. The Morgan fingerprint density at radius 1 is 1.35 bits per heavy atom. The Morgan fingerprint density at radius 2 is 2.17 bits per heavy atom. The van der Waals surface area contributed by atoms with Crippen molar-refractivity contribution in [1.29, 1.82) is 5.26 Å². The predicted molar refractivity (Wildman–Crippen MR) is 72.5 cm³/mol. The first-order valence-electron chi connectivity index (χ1n) is 6.15. The van der Waals surface area contributed by atoms with Gasteiger partial charge >= 0.3 is 6.18 Å². The highest BCUT2D eigenvalue weighted by Crippen LogP contribution is 2.29. The molecule has 8 nitrogen and oxygen atoms in total. The molecule has 0 spiro atoms. The third-order valence-electron chi connectivity index (χ3n) is 2.84. The second kappa shape index (κ2) is 5.41. The SMILES string of the molecule is N#CC(=CNc1ccc2nc(C(F)(F)F)[nH]c2c1)c1nn[nH]n1. The number of rotatable bonds is 3. The Balaban J connectivity index is 1.88. The number of allylic oxidation sites excluding steroid dienone is 1. The monoisotopic (exact) mass is 320 g/mol. The van der Waals surface area contributed by atoms with Crippen molar-refractivity contribution in [3.05, 3.63) is 36.0 Å². The van der Waals surface area contributed by atoms with E-state index in [-0.39, 0.29) is 22.4 Å². The van der Waals surface area contributed by atoms with Crippen LogP contribution in [0.3, 0.4) is 0 Å². The van der Waals surface area contributed by atoms with Crippen LogP contribution in [0.5, 0.6) is 0 Å². The summed E-state index contributed by atoms with van der Waals surface area (Å²) < 4.78 is 37.8. The normalized spacial score (nSPS) is 12.3. The Morgan fingerprint density at radius 3 is 2.83 bits per heavy atom. The zero-order valence-corrected chi connectivity index (χ0v) is 11.2. The van der Waals surface area contributed by atoms with Crippen LogP contribution in [0, 0.1) is 11.3 Å². The molecular weight excluding hydrogens is 313 g/mol. The molecule has 0 saturated carbocycles. The number of benzene rings is 1. The molecule has 2 heterocycles. The quantitative estimate of drug-likeness (QED) is 0.636. The van der Waals surface area contributed by atoms with Gasteiger partial charge < -0.3 is 10.3 Å². The van der Waals surface area contributed by atoms with Gasteiger partial charge in [-0.1, -0.05) is 0 Å². The van der Waals surface area contributed by atoms with Crippen molar-refractivity contribution >= 4 is 22.3 Å². The highest BCUT2D eigenvalue weighted by atomic mass is 19.4. The fraction of sp³-hybridized carbons (Fsp3) is 0.0833. The van der Waals surface area contributed by atoms with Gasteiger partial charge in [-0.2, -0.15) is 23.6 Å². The second-order valence-electron chi connectivity index (χ2n) is 4.36. The number of H-pyrrole nitrogens is 2. The minimum Gasteiger partial charge on any atom is -0.360 e. The summed E-state index contributed by atoms with van der Waals surface area (Å²) in [6.07, 6.45) is -3.22. The molecule has 0 aliphatic carbocycles. The summed E-state index contributed by atoms with van der Waals surface area (Å²) in [5.74, 6) is -0.966. The first-order chi connectivity index (χ1) is 11.0. The highest BCUT2D eigenvalue weighted by Gasteiger charge is 2.34. The minimum atomic E-state index is -4.54. The number of nitrogens with zero attached hydrogens (tertiary/aromatic N) is 5. The summed E-state index contributed by atoms with van der Waals surface area (Å²) in [7, 11) is 0. The van der Waals surface area contributed by atoms with Crippen molar-refractivity contribution in [3.8, 4) is 6.07 Å². The van der Waals surface area contributed by atoms with E-state index in [2.05, 4.69) is 35.9 Å². The molecule has 0 fully saturated rings. The molecule has 0 aliphatic rings. The first-order valence-corrected chi connectivity index (χ1v) is 6.15. The third kappa shape index (κ3) is 2.95. The number of anilines is 1. The maximum Gasteiger partial charge on any atom is 0.449 e. The maximum atomic E-state index is 12.6.